The molecule has 0 aromatic carbocycles. The second-order valence-electron chi connectivity index (χ2n) is 3.43. The van der Waals surface area contributed by atoms with Crippen LogP contribution in [0.15, 0.2) is 0 Å². The van der Waals surface area contributed by atoms with E-state index in [1.807, 2.05) is 0 Å². The van der Waals surface area contributed by atoms with Crippen molar-refractivity contribution in [3.63, 3.8) is 0 Å². The number of methoxy groups -OCH3 is 1. The fraction of sp³-hybridized carbons (Fsp3) is 0.875. The van der Waals surface area contributed by atoms with E-state index >= 15 is 0 Å². The van der Waals surface area contributed by atoms with E-state index in [0.717, 1.165) is 0 Å². The van der Waals surface area contributed by atoms with E-state index in [-0.39, 0.29) is 0 Å². The summed E-state index contributed by atoms with van der Waals surface area (Å²) in [7, 11) is 0.697. The molecule has 0 aromatic rings. The molecule has 0 atom stereocenters. The lowest BCUT2D eigenvalue weighted by atomic mass is 10.00. The van der Waals surface area contributed by atoms with Crippen molar-refractivity contribution >= 4 is 5.97 Å². The second kappa shape index (κ2) is 5.08. The van der Waals surface area contributed by atoms with Gasteiger partial charge in [-0.1, -0.05) is 0 Å². The van der Waals surface area contributed by atoms with Crippen molar-refractivity contribution in [1.29, 1.82) is 0 Å². The fourth-order valence-corrected chi connectivity index (χ4v) is 0.926. The molecule has 0 heterocycles. The Morgan fingerprint density at radius 1 is 0.895 bits per heavy atom. The summed E-state index contributed by atoms with van der Waals surface area (Å²) in [6.45, 7) is 0. The summed E-state index contributed by atoms with van der Waals surface area (Å²) in [5.74, 6) is -20.8. The van der Waals surface area contributed by atoms with Crippen molar-refractivity contribution in [3.8, 4) is 0 Å². The molecule has 0 bridgehead atoms. The van der Waals surface area contributed by atoms with Gasteiger partial charge in [0, 0.05) is 6.42 Å². The van der Waals surface area contributed by atoms with Gasteiger partial charge in [-0.15, -0.1) is 0 Å². The number of hydrogen-bond donors (Lipinski definition) is 0. The standard InChI is InChI=1S/C8H7F9O2/c1-19-4(18)2-3-5(9,10)6(11,12)7(13,14)8(15,16)17/h2-3H2,1H3. The Balaban J connectivity index is 5.22. The Morgan fingerprint density at radius 2 is 1.32 bits per heavy atom. The SMILES string of the molecule is COC(=O)CCC(F)(F)C(F)(F)C(F)(F)C(F)(F)F. The molecule has 0 unspecified atom stereocenters. The molecule has 0 aliphatic heterocycles. The molecule has 114 valence electrons. The molecule has 0 radical (unpaired) electrons. The molecule has 0 aliphatic rings. The Hall–Kier alpha value is -1.16. The lowest BCUT2D eigenvalue weighted by Crippen LogP contribution is -2.60. The average molecular weight is 306 g/mol. The minimum atomic E-state index is -6.93. The Morgan fingerprint density at radius 3 is 1.63 bits per heavy atom. The smallest absolute Gasteiger partial charge is 0.460 e. The highest BCUT2D eigenvalue weighted by Gasteiger charge is 2.81. The van der Waals surface area contributed by atoms with E-state index < -0.39 is 42.8 Å². The van der Waals surface area contributed by atoms with E-state index in [0.29, 0.717) is 7.11 Å². The lowest BCUT2D eigenvalue weighted by Gasteiger charge is -2.33. The average Bonchev–Trinajstić information content (AvgIpc) is 2.23. The largest absolute Gasteiger partial charge is 0.469 e. The van der Waals surface area contributed by atoms with Crippen molar-refractivity contribution in [1.82, 2.24) is 0 Å². The number of carbonyl (C=O) groups is 1. The molecule has 0 amide bonds. The maximum absolute atomic E-state index is 12.8. The van der Waals surface area contributed by atoms with Gasteiger partial charge in [0.2, 0.25) is 0 Å². The van der Waals surface area contributed by atoms with E-state index in [4.69, 9.17) is 0 Å². The van der Waals surface area contributed by atoms with Gasteiger partial charge in [-0.3, -0.25) is 4.79 Å². The summed E-state index contributed by atoms with van der Waals surface area (Å²) in [5, 5.41) is 0. The Labute approximate surface area is 100 Å². The number of halogens is 9. The van der Waals surface area contributed by atoms with Crippen LogP contribution in [0.2, 0.25) is 0 Å². The van der Waals surface area contributed by atoms with Gasteiger partial charge in [-0.2, -0.15) is 39.5 Å². The summed E-state index contributed by atoms with van der Waals surface area (Å²) < 4.78 is 114. The second-order valence-corrected chi connectivity index (χ2v) is 3.43. The van der Waals surface area contributed by atoms with E-state index in [1.54, 1.807) is 0 Å². The molecule has 0 spiro atoms. The van der Waals surface area contributed by atoms with Crippen LogP contribution >= 0.6 is 0 Å². The number of rotatable bonds is 5. The molecule has 0 fully saturated rings. The minimum Gasteiger partial charge on any atom is -0.469 e. The van der Waals surface area contributed by atoms with Gasteiger partial charge >= 0.3 is 29.9 Å². The molecule has 0 rings (SSSR count). The minimum absolute atomic E-state index is 0.697. The first-order chi connectivity index (χ1) is 8.20. The van der Waals surface area contributed by atoms with Gasteiger partial charge in [0.25, 0.3) is 0 Å². The van der Waals surface area contributed by atoms with Crippen LogP contribution in [0.5, 0.6) is 0 Å². The van der Waals surface area contributed by atoms with Gasteiger partial charge in [-0.05, 0) is 0 Å². The van der Waals surface area contributed by atoms with Gasteiger partial charge in [0.05, 0.1) is 13.5 Å². The normalized spacial score (nSPS) is 14.4. The predicted octanol–water partition coefficient (Wildman–Crippen LogP) is 3.41. The molecule has 0 saturated carbocycles. The number of ether oxygens (including phenoxy) is 1. The zero-order valence-electron chi connectivity index (χ0n) is 9.13. The van der Waals surface area contributed by atoms with E-state index in [1.165, 1.54) is 0 Å². The zero-order chi connectivity index (χ0) is 15.7. The first-order valence-electron chi connectivity index (χ1n) is 4.47. The summed E-state index contributed by atoms with van der Waals surface area (Å²) in [6, 6.07) is 0. The molecule has 0 saturated heterocycles. The Kier molecular flexibility index (Phi) is 4.77. The van der Waals surface area contributed by atoms with Gasteiger partial charge in [-0.25, -0.2) is 0 Å². The maximum atomic E-state index is 12.8. The fourth-order valence-electron chi connectivity index (χ4n) is 0.926. The van der Waals surface area contributed by atoms with Crippen molar-refractivity contribution < 1.29 is 49.0 Å². The molecule has 2 nitrogen and oxygen atoms in total. The highest BCUT2D eigenvalue weighted by molar-refractivity contribution is 5.69. The number of alkyl halides is 9. The summed E-state index contributed by atoms with van der Waals surface area (Å²) in [5.41, 5.74) is 0. The van der Waals surface area contributed by atoms with Crippen molar-refractivity contribution in [2.75, 3.05) is 7.11 Å². The maximum Gasteiger partial charge on any atom is 0.460 e. The van der Waals surface area contributed by atoms with Crippen molar-refractivity contribution in [2.45, 2.75) is 36.8 Å². The molecule has 11 heteroatoms. The first-order valence-corrected chi connectivity index (χ1v) is 4.47. The van der Waals surface area contributed by atoms with Crippen LogP contribution in [0, 0.1) is 0 Å². The van der Waals surface area contributed by atoms with Crippen molar-refractivity contribution in [3.05, 3.63) is 0 Å². The monoisotopic (exact) mass is 306 g/mol. The summed E-state index contributed by atoms with van der Waals surface area (Å²) >= 11 is 0. The van der Waals surface area contributed by atoms with Gasteiger partial charge in [0.1, 0.15) is 0 Å². The first kappa shape index (κ1) is 17.8. The van der Waals surface area contributed by atoms with Crippen molar-refractivity contribution in [2.24, 2.45) is 0 Å². The van der Waals surface area contributed by atoms with Crippen LogP contribution in [0.25, 0.3) is 0 Å². The van der Waals surface area contributed by atoms with Crippen LogP contribution in [0.1, 0.15) is 12.8 Å². The van der Waals surface area contributed by atoms with Gasteiger partial charge in [0.15, 0.2) is 0 Å². The highest BCUT2D eigenvalue weighted by atomic mass is 19.4. The lowest BCUT2D eigenvalue weighted by molar-refractivity contribution is -0.396. The molecule has 0 N–H and O–H groups in total. The topological polar surface area (TPSA) is 26.3 Å². The zero-order valence-corrected chi connectivity index (χ0v) is 9.13. The van der Waals surface area contributed by atoms with E-state index in [9.17, 15) is 44.3 Å². The Bertz CT molecular complexity index is 334. The van der Waals surface area contributed by atoms with Crippen LogP contribution in [-0.4, -0.2) is 37.0 Å². The predicted molar refractivity (Wildman–Crippen MR) is 42.1 cm³/mol. The highest BCUT2D eigenvalue weighted by Crippen LogP contribution is 2.54. The summed E-state index contributed by atoms with van der Waals surface area (Å²) in [4.78, 5) is 10.4. The van der Waals surface area contributed by atoms with Crippen LogP contribution in [0.3, 0.4) is 0 Å². The molecule has 19 heavy (non-hydrogen) atoms. The van der Waals surface area contributed by atoms with E-state index in [2.05, 4.69) is 4.74 Å². The molecule has 0 aliphatic carbocycles. The summed E-state index contributed by atoms with van der Waals surface area (Å²) in [6.07, 6.45) is -10.5. The molecular formula is C8H7F9O2. The number of hydrogen-bond acceptors (Lipinski definition) is 2. The number of esters is 1. The third-order valence-corrected chi connectivity index (χ3v) is 2.08. The molecular weight excluding hydrogens is 299 g/mol. The van der Waals surface area contributed by atoms with Crippen LogP contribution in [-0.2, 0) is 9.53 Å². The number of carbonyl (C=O) groups excluding carboxylic acids is 1. The molecule has 0 aromatic heterocycles. The third-order valence-electron chi connectivity index (χ3n) is 2.08. The quantitative estimate of drug-likeness (QED) is 0.575. The van der Waals surface area contributed by atoms with Gasteiger partial charge < -0.3 is 4.74 Å². The van der Waals surface area contributed by atoms with Crippen LogP contribution < -0.4 is 0 Å². The third kappa shape index (κ3) is 3.24. The van der Waals surface area contributed by atoms with Crippen LogP contribution in [0.4, 0.5) is 39.5 Å².